The van der Waals surface area contributed by atoms with Crippen molar-refractivity contribution in [1.82, 2.24) is 5.32 Å². The van der Waals surface area contributed by atoms with Gasteiger partial charge in [-0.15, -0.1) is 0 Å². The van der Waals surface area contributed by atoms with Crippen molar-refractivity contribution in [3.63, 3.8) is 0 Å². The molecule has 0 saturated heterocycles. The number of amides is 2. The summed E-state index contributed by atoms with van der Waals surface area (Å²) < 4.78 is 5.10. The Balaban J connectivity index is 1.91. The number of hydrogen-bond donors (Lipinski definition) is 2. The van der Waals surface area contributed by atoms with E-state index < -0.39 is 11.8 Å². The van der Waals surface area contributed by atoms with Gasteiger partial charge < -0.3 is 15.4 Å². The van der Waals surface area contributed by atoms with Gasteiger partial charge in [-0.05, 0) is 24.8 Å². The van der Waals surface area contributed by atoms with Crippen LogP contribution in [0.5, 0.6) is 0 Å². The second-order valence-corrected chi connectivity index (χ2v) is 6.16. The van der Waals surface area contributed by atoms with Gasteiger partial charge in [0.05, 0.1) is 6.61 Å². The zero-order valence-electron chi connectivity index (χ0n) is 13.9. The van der Waals surface area contributed by atoms with Crippen molar-refractivity contribution in [3.8, 4) is 0 Å². The van der Waals surface area contributed by atoms with Crippen LogP contribution in [0.4, 0.5) is 5.69 Å². The van der Waals surface area contributed by atoms with E-state index >= 15 is 0 Å². The zero-order valence-corrected chi connectivity index (χ0v) is 13.9. The molecule has 0 bridgehead atoms. The van der Waals surface area contributed by atoms with E-state index in [1.165, 1.54) is 6.42 Å². The Morgan fingerprint density at radius 2 is 2.00 bits per heavy atom. The van der Waals surface area contributed by atoms with Gasteiger partial charge >= 0.3 is 11.8 Å². The molecule has 2 atom stereocenters. The molecule has 0 aliphatic heterocycles. The fourth-order valence-electron chi connectivity index (χ4n) is 3.15. The van der Waals surface area contributed by atoms with Gasteiger partial charge in [0.25, 0.3) is 0 Å². The number of ether oxygens (including phenoxy) is 1. The summed E-state index contributed by atoms with van der Waals surface area (Å²) in [5.74, 6) is -0.523. The van der Waals surface area contributed by atoms with Crippen molar-refractivity contribution in [1.29, 1.82) is 0 Å². The van der Waals surface area contributed by atoms with E-state index in [4.69, 9.17) is 4.74 Å². The van der Waals surface area contributed by atoms with Crippen LogP contribution >= 0.6 is 0 Å². The number of rotatable bonds is 5. The smallest absolute Gasteiger partial charge is 0.313 e. The van der Waals surface area contributed by atoms with Gasteiger partial charge in [-0.2, -0.15) is 0 Å². The predicted octanol–water partition coefficient (Wildman–Crippen LogP) is 2.86. The minimum absolute atomic E-state index is 0.112. The third kappa shape index (κ3) is 5.06. The predicted molar refractivity (Wildman–Crippen MR) is 90.0 cm³/mol. The molecule has 1 aromatic rings. The average Bonchev–Trinajstić information content (AvgIpc) is 2.57. The van der Waals surface area contributed by atoms with E-state index in [9.17, 15) is 9.59 Å². The van der Waals surface area contributed by atoms with Crippen LogP contribution in [0.15, 0.2) is 24.3 Å². The standard InChI is InChI=1S/C18H26N2O3/c1-3-13-7-6-9-15(11-13)19-17(21)18(22)20-16-10-5-4-8-14(16)12-23-2/h4-5,8,10,13,15H,3,6-7,9,11-12H2,1-2H3,(H,19,21)(H,20,22)/t13-,15-/m0/s1. The second kappa shape index (κ2) is 8.67. The SMILES string of the molecule is CC[C@H]1CCC[C@H](NC(=O)C(=O)Nc2ccccc2COC)C1. The fraction of sp³-hybridized carbons (Fsp3) is 0.556. The molecular formula is C18H26N2O3. The first kappa shape index (κ1) is 17.5. The Morgan fingerprint density at radius 3 is 2.74 bits per heavy atom. The maximum atomic E-state index is 12.1. The first-order valence-electron chi connectivity index (χ1n) is 8.32. The lowest BCUT2D eigenvalue weighted by Gasteiger charge is -2.28. The Hall–Kier alpha value is -1.88. The lowest BCUT2D eigenvalue weighted by atomic mass is 9.84. The maximum absolute atomic E-state index is 12.1. The first-order valence-corrected chi connectivity index (χ1v) is 8.32. The molecule has 5 nitrogen and oxygen atoms in total. The molecule has 5 heteroatoms. The highest BCUT2D eigenvalue weighted by molar-refractivity contribution is 6.39. The minimum atomic E-state index is -0.618. The Labute approximate surface area is 137 Å². The molecule has 1 fully saturated rings. The Bertz CT molecular complexity index is 545. The van der Waals surface area contributed by atoms with Gasteiger partial charge in [-0.1, -0.05) is 44.4 Å². The molecule has 126 valence electrons. The summed E-state index contributed by atoms with van der Waals surface area (Å²) in [7, 11) is 1.60. The number of benzene rings is 1. The van der Waals surface area contributed by atoms with Gasteiger partial charge in [0.1, 0.15) is 0 Å². The zero-order chi connectivity index (χ0) is 16.7. The maximum Gasteiger partial charge on any atom is 0.313 e. The molecule has 1 aliphatic carbocycles. The summed E-state index contributed by atoms with van der Waals surface area (Å²) >= 11 is 0. The van der Waals surface area contributed by atoms with Crippen LogP contribution in [0.25, 0.3) is 0 Å². The van der Waals surface area contributed by atoms with Crippen LogP contribution < -0.4 is 10.6 Å². The minimum Gasteiger partial charge on any atom is -0.380 e. The van der Waals surface area contributed by atoms with E-state index in [-0.39, 0.29) is 6.04 Å². The van der Waals surface area contributed by atoms with E-state index in [1.54, 1.807) is 13.2 Å². The molecule has 1 aliphatic rings. The van der Waals surface area contributed by atoms with E-state index in [0.29, 0.717) is 18.2 Å². The summed E-state index contributed by atoms with van der Waals surface area (Å²) in [6, 6.07) is 7.44. The largest absolute Gasteiger partial charge is 0.380 e. The molecule has 0 heterocycles. The molecule has 23 heavy (non-hydrogen) atoms. The highest BCUT2D eigenvalue weighted by Gasteiger charge is 2.24. The summed E-state index contributed by atoms with van der Waals surface area (Å²) in [5, 5.41) is 5.55. The normalized spacial score (nSPS) is 20.8. The topological polar surface area (TPSA) is 67.4 Å². The van der Waals surface area contributed by atoms with Crippen molar-refractivity contribution in [2.75, 3.05) is 12.4 Å². The van der Waals surface area contributed by atoms with E-state index in [2.05, 4.69) is 17.6 Å². The number of methoxy groups -OCH3 is 1. The third-order valence-electron chi connectivity index (χ3n) is 4.47. The summed E-state index contributed by atoms with van der Waals surface area (Å²) in [5.41, 5.74) is 1.46. The molecule has 0 radical (unpaired) electrons. The Morgan fingerprint density at radius 1 is 1.22 bits per heavy atom. The lowest BCUT2D eigenvalue weighted by molar-refractivity contribution is -0.136. The van der Waals surface area contributed by atoms with Crippen molar-refractivity contribution in [2.45, 2.75) is 51.7 Å². The quantitative estimate of drug-likeness (QED) is 0.820. The van der Waals surface area contributed by atoms with E-state index in [1.807, 2.05) is 18.2 Å². The van der Waals surface area contributed by atoms with Crippen LogP contribution in [0.1, 0.15) is 44.6 Å². The highest BCUT2D eigenvalue weighted by atomic mass is 16.5. The van der Waals surface area contributed by atoms with Gasteiger partial charge in [0.15, 0.2) is 0 Å². The fourth-order valence-corrected chi connectivity index (χ4v) is 3.15. The first-order chi connectivity index (χ1) is 11.1. The van der Waals surface area contributed by atoms with Crippen LogP contribution in [0, 0.1) is 5.92 Å². The third-order valence-corrected chi connectivity index (χ3v) is 4.47. The highest BCUT2D eigenvalue weighted by Crippen LogP contribution is 2.26. The van der Waals surface area contributed by atoms with Crippen LogP contribution in [0.2, 0.25) is 0 Å². The van der Waals surface area contributed by atoms with Crippen molar-refractivity contribution in [3.05, 3.63) is 29.8 Å². The van der Waals surface area contributed by atoms with Crippen molar-refractivity contribution >= 4 is 17.5 Å². The molecule has 2 amide bonds. The average molecular weight is 318 g/mol. The Kier molecular flexibility index (Phi) is 6.59. The molecule has 1 aromatic carbocycles. The van der Waals surface area contributed by atoms with Gasteiger partial charge in [-0.25, -0.2) is 0 Å². The molecule has 2 rings (SSSR count). The number of anilines is 1. The van der Waals surface area contributed by atoms with Crippen LogP contribution in [-0.4, -0.2) is 25.0 Å². The second-order valence-electron chi connectivity index (χ2n) is 6.16. The molecule has 0 unspecified atom stereocenters. The molecule has 0 aromatic heterocycles. The monoisotopic (exact) mass is 318 g/mol. The summed E-state index contributed by atoms with van der Waals surface area (Å²) in [6.45, 7) is 2.56. The lowest BCUT2D eigenvalue weighted by Crippen LogP contribution is -2.43. The van der Waals surface area contributed by atoms with Crippen LogP contribution in [-0.2, 0) is 20.9 Å². The van der Waals surface area contributed by atoms with Crippen molar-refractivity contribution in [2.24, 2.45) is 5.92 Å². The summed E-state index contributed by atoms with van der Waals surface area (Å²) in [4.78, 5) is 24.3. The number of para-hydroxylation sites is 1. The number of nitrogens with one attached hydrogen (secondary N) is 2. The van der Waals surface area contributed by atoms with Gasteiger partial charge in [0.2, 0.25) is 0 Å². The molecule has 1 saturated carbocycles. The number of carbonyl (C=O) groups excluding carboxylic acids is 2. The number of hydrogen-bond acceptors (Lipinski definition) is 3. The van der Waals surface area contributed by atoms with Crippen molar-refractivity contribution < 1.29 is 14.3 Å². The molecular weight excluding hydrogens is 292 g/mol. The van der Waals surface area contributed by atoms with Gasteiger partial charge in [0, 0.05) is 24.4 Å². The van der Waals surface area contributed by atoms with Crippen LogP contribution in [0.3, 0.4) is 0 Å². The van der Waals surface area contributed by atoms with Gasteiger partial charge in [-0.3, -0.25) is 9.59 Å². The molecule has 2 N–H and O–H groups in total. The molecule has 0 spiro atoms. The summed E-state index contributed by atoms with van der Waals surface area (Å²) in [6.07, 6.45) is 5.38. The number of carbonyl (C=O) groups is 2. The van der Waals surface area contributed by atoms with E-state index in [0.717, 1.165) is 31.2 Å².